The van der Waals surface area contributed by atoms with Crippen LogP contribution in [0, 0.1) is 20.8 Å². The van der Waals surface area contributed by atoms with E-state index in [0.29, 0.717) is 0 Å². The molecule has 0 aliphatic heterocycles. The number of aryl methyl sites for hydroxylation is 3. The standard InChI is InChI=1S/C18H23NO/c1-5-19-12-16-7-9-18(15(4)10-16)20-17-8-6-13(2)14(3)11-17/h6-11,19H,5,12H2,1-4H3. The average Bonchev–Trinajstić information content (AvgIpc) is 2.43. The van der Waals surface area contributed by atoms with Gasteiger partial charge in [0.05, 0.1) is 0 Å². The van der Waals surface area contributed by atoms with Gasteiger partial charge in [-0.25, -0.2) is 0 Å². The largest absolute Gasteiger partial charge is 0.457 e. The van der Waals surface area contributed by atoms with Crippen molar-refractivity contribution >= 4 is 0 Å². The predicted octanol–water partition coefficient (Wildman–Crippen LogP) is 4.51. The van der Waals surface area contributed by atoms with Crippen molar-refractivity contribution in [3.8, 4) is 11.5 Å². The zero-order valence-electron chi connectivity index (χ0n) is 12.8. The number of rotatable bonds is 5. The van der Waals surface area contributed by atoms with E-state index < -0.39 is 0 Å². The summed E-state index contributed by atoms with van der Waals surface area (Å²) in [4.78, 5) is 0. The minimum atomic E-state index is 0.899. The number of benzene rings is 2. The SMILES string of the molecule is CCNCc1ccc(Oc2ccc(C)c(C)c2)c(C)c1. The molecule has 0 spiro atoms. The summed E-state index contributed by atoms with van der Waals surface area (Å²) in [5.74, 6) is 1.82. The van der Waals surface area contributed by atoms with Gasteiger partial charge in [-0.2, -0.15) is 0 Å². The predicted molar refractivity (Wildman–Crippen MR) is 84.5 cm³/mol. The first-order valence-electron chi connectivity index (χ1n) is 7.15. The minimum absolute atomic E-state index is 0.899. The van der Waals surface area contributed by atoms with Crippen LogP contribution in [0.4, 0.5) is 0 Å². The van der Waals surface area contributed by atoms with E-state index >= 15 is 0 Å². The summed E-state index contributed by atoms with van der Waals surface area (Å²) in [6.45, 7) is 10.3. The van der Waals surface area contributed by atoms with Crippen LogP contribution in [0.2, 0.25) is 0 Å². The fourth-order valence-electron chi connectivity index (χ4n) is 2.11. The topological polar surface area (TPSA) is 21.3 Å². The lowest BCUT2D eigenvalue weighted by molar-refractivity contribution is 0.478. The molecule has 20 heavy (non-hydrogen) atoms. The zero-order chi connectivity index (χ0) is 14.5. The van der Waals surface area contributed by atoms with E-state index in [-0.39, 0.29) is 0 Å². The molecule has 0 atom stereocenters. The molecular formula is C18H23NO. The second-order valence-corrected chi connectivity index (χ2v) is 5.23. The molecular weight excluding hydrogens is 246 g/mol. The maximum absolute atomic E-state index is 5.98. The van der Waals surface area contributed by atoms with E-state index in [1.54, 1.807) is 0 Å². The maximum Gasteiger partial charge on any atom is 0.130 e. The van der Waals surface area contributed by atoms with E-state index in [2.05, 4.69) is 63.3 Å². The Balaban J connectivity index is 2.14. The van der Waals surface area contributed by atoms with Crippen molar-refractivity contribution in [1.29, 1.82) is 0 Å². The van der Waals surface area contributed by atoms with Gasteiger partial charge in [-0.05, 0) is 67.8 Å². The van der Waals surface area contributed by atoms with E-state index in [1.165, 1.54) is 22.3 Å². The van der Waals surface area contributed by atoms with Crippen LogP contribution in [-0.2, 0) is 6.54 Å². The van der Waals surface area contributed by atoms with Gasteiger partial charge in [0.1, 0.15) is 11.5 Å². The highest BCUT2D eigenvalue weighted by Crippen LogP contribution is 2.27. The summed E-state index contributed by atoms with van der Waals surface area (Å²) >= 11 is 0. The molecule has 0 unspecified atom stereocenters. The van der Waals surface area contributed by atoms with E-state index in [9.17, 15) is 0 Å². The van der Waals surface area contributed by atoms with Crippen LogP contribution in [0.3, 0.4) is 0 Å². The Morgan fingerprint density at radius 1 is 0.900 bits per heavy atom. The van der Waals surface area contributed by atoms with Crippen molar-refractivity contribution in [1.82, 2.24) is 5.32 Å². The van der Waals surface area contributed by atoms with Crippen molar-refractivity contribution in [2.24, 2.45) is 0 Å². The van der Waals surface area contributed by atoms with E-state index in [0.717, 1.165) is 24.6 Å². The van der Waals surface area contributed by atoms with Crippen LogP contribution in [-0.4, -0.2) is 6.54 Å². The molecule has 0 aromatic heterocycles. The van der Waals surface area contributed by atoms with Crippen molar-refractivity contribution in [3.63, 3.8) is 0 Å². The molecule has 0 aliphatic carbocycles. The van der Waals surface area contributed by atoms with Crippen molar-refractivity contribution in [2.45, 2.75) is 34.2 Å². The summed E-state index contributed by atoms with van der Waals surface area (Å²) < 4.78 is 5.98. The second kappa shape index (κ2) is 6.58. The Hall–Kier alpha value is -1.80. The number of hydrogen-bond donors (Lipinski definition) is 1. The summed E-state index contributed by atoms with van der Waals surface area (Å²) in [6.07, 6.45) is 0. The van der Waals surface area contributed by atoms with Crippen molar-refractivity contribution < 1.29 is 4.74 Å². The fourth-order valence-corrected chi connectivity index (χ4v) is 2.11. The van der Waals surface area contributed by atoms with Gasteiger partial charge in [0, 0.05) is 6.54 Å². The molecule has 0 radical (unpaired) electrons. The first-order chi connectivity index (χ1) is 9.60. The highest BCUT2D eigenvalue weighted by molar-refractivity contribution is 5.41. The third-order valence-electron chi connectivity index (χ3n) is 3.52. The summed E-state index contributed by atoms with van der Waals surface area (Å²) in [7, 11) is 0. The molecule has 0 heterocycles. The van der Waals surface area contributed by atoms with Crippen LogP contribution < -0.4 is 10.1 Å². The summed E-state index contributed by atoms with van der Waals surface area (Å²) in [5.41, 5.74) is 4.99. The highest BCUT2D eigenvalue weighted by atomic mass is 16.5. The lowest BCUT2D eigenvalue weighted by atomic mass is 10.1. The molecule has 0 amide bonds. The van der Waals surface area contributed by atoms with Crippen molar-refractivity contribution in [2.75, 3.05) is 6.54 Å². The van der Waals surface area contributed by atoms with E-state index in [1.807, 2.05) is 6.07 Å². The Labute approximate surface area is 121 Å². The number of hydrogen-bond acceptors (Lipinski definition) is 2. The lowest BCUT2D eigenvalue weighted by Crippen LogP contribution is -2.11. The van der Waals surface area contributed by atoms with Gasteiger partial charge in [-0.15, -0.1) is 0 Å². The average molecular weight is 269 g/mol. The van der Waals surface area contributed by atoms with Crippen LogP contribution >= 0.6 is 0 Å². The van der Waals surface area contributed by atoms with E-state index in [4.69, 9.17) is 4.74 Å². The highest BCUT2D eigenvalue weighted by Gasteiger charge is 2.04. The Bertz CT molecular complexity index is 590. The van der Waals surface area contributed by atoms with Gasteiger partial charge in [0.25, 0.3) is 0 Å². The third-order valence-corrected chi connectivity index (χ3v) is 3.52. The second-order valence-electron chi connectivity index (χ2n) is 5.23. The molecule has 1 N–H and O–H groups in total. The minimum Gasteiger partial charge on any atom is -0.457 e. The maximum atomic E-state index is 5.98. The van der Waals surface area contributed by atoms with Crippen LogP contribution in [0.25, 0.3) is 0 Å². The zero-order valence-corrected chi connectivity index (χ0v) is 12.8. The van der Waals surface area contributed by atoms with Gasteiger partial charge < -0.3 is 10.1 Å². The molecule has 0 saturated carbocycles. The molecule has 0 bridgehead atoms. The summed E-state index contributed by atoms with van der Waals surface area (Å²) in [6, 6.07) is 12.6. The first-order valence-corrected chi connectivity index (χ1v) is 7.15. The van der Waals surface area contributed by atoms with Gasteiger partial charge in [0.2, 0.25) is 0 Å². The molecule has 2 heteroatoms. The van der Waals surface area contributed by atoms with Crippen LogP contribution in [0.5, 0.6) is 11.5 Å². The van der Waals surface area contributed by atoms with Gasteiger partial charge >= 0.3 is 0 Å². The smallest absolute Gasteiger partial charge is 0.130 e. The molecule has 0 saturated heterocycles. The van der Waals surface area contributed by atoms with Crippen LogP contribution in [0.1, 0.15) is 29.2 Å². The number of ether oxygens (including phenoxy) is 1. The fraction of sp³-hybridized carbons (Fsp3) is 0.333. The monoisotopic (exact) mass is 269 g/mol. The Kier molecular flexibility index (Phi) is 4.80. The quantitative estimate of drug-likeness (QED) is 0.862. The number of nitrogens with one attached hydrogen (secondary N) is 1. The molecule has 106 valence electrons. The molecule has 0 fully saturated rings. The molecule has 2 rings (SSSR count). The van der Waals surface area contributed by atoms with Crippen molar-refractivity contribution in [3.05, 3.63) is 58.7 Å². The normalized spacial score (nSPS) is 10.6. The molecule has 0 aliphatic rings. The summed E-state index contributed by atoms with van der Waals surface area (Å²) in [5, 5.41) is 3.33. The lowest BCUT2D eigenvalue weighted by Gasteiger charge is -2.12. The Morgan fingerprint density at radius 3 is 2.35 bits per heavy atom. The van der Waals surface area contributed by atoms with Crippen LogP contribution in [0.15, 0.2) is 36.4 Å². The molecule has 2 aromatic rings. The molecule has 2 aromatic carbocycles. The third kappa shape index (κ3) is 3.61. The Morgan fingerprint density at radius 2 is 1.70 bits per heavy atom. The van der Waals surface area contributed by atoms with Gasteiger partial charge in [0.15, 0.2) is 0 Å². The first kappa shape index (κ1) is 14.6. The van der Waals surface area contributed by atoms with Gasteiger partial charge in [-0.3, -0.25) is 0 Å². The molecule has 2 nitrogen and oxygen atoms in total. The van der Waals surface area contributed by atoms with Gasteiger partial charge in [-0.1, -0.05) is 25.1 Å².